The standard InChI is InChI=1S/C16H26O/c1-5-16(17,12-11-15(2,3)4)13-14-9-7-6-8-10-14/h6-10,17H,5,11-13H2,1-4H3. The van der Waals surface area contributed by atoms with Crippen LogP contribution in [0, 0.1) is 5.41 Å². The van der Waals surface area contributed by atoms with Crippen LogP contribution in [-0.4, -0.2) is 10.7 Å². The molecule has 0 radical (unpaired) electrons. The highest BCUT2D eigenvalue weighted by Gasteiger charge is 2.27. The molecule has 1 atom stereocenters. The van der Waals surface area contributed by atoms with Crippen LogP contribution in [0.15, 0.2) is 30.3 Å². The van der Waals surface area contributed by atoms with Crippen molar-refractivity contribution >= 4 is 0 Å². The van der Waals surface area contributed by atoms with E-state index in [1.165, 1.54) is 5.56 Å². The summed E-state index contributed by atoms with van der Waals surface area (Å²) in [7, 11) is 0. The molecule has 1 rings (SSSR count). The first kappa shape index (κ1) is 14.2. The van der Waals surface area contributed by atoms with E-state index in [2.05, 4.69) is 39.8 Å². The molecule has 0 bridgehead atoms. The molecular formula is C16H26O. The molecule has 17 heavy (non-hydrogen) atoms. The summed E-state index contributed by atoms with van der Waals surface area (Å²) in [6.07, 6.45) is 3.52. The molecule has 0 fully saturated rings. The zero-order valence-electron chi connectivity index (χ0n) is 11.7. The summed E-state index contributed by atoms with van der Waals surface area (Å²) in [5.41, 5.74) is 0.972. The van der Waals surface area contributed by atoms with Crippen molar-refractivity contribution in [2.45, 2.75) is 59.0 Å². The predicted molar refractivity (Wildman–Crippen MR) is 74.1 cm³/mol. The van der Waals surface area contributed by atoms with Gasteiger partial charge in [0.25, 0.3) is 0 Å². The zero-order valence-corrected chi connectivity index (χ0v) is 11.7. The van der Waals surface area contributed by atoms with E-state index >= 15 is 0 Å². The fourth-order valence-electron chi connectivity index (χ4n) is 1.97. The Kier molecular flexibility index (Phi) is 4.76. The molecule has 1 nitrogen and oxygen atoms in total. The van der Waals surface area contributed by atoms with Crippen molar-refractivity contribution in [3.8, 4) is 0 Å². The van der Waals surface area contributed by atoms with Gasteiger partial charge in [-0.25, -0.2) is 0 Å². The van der Waals surface area contributed by atoms with E-state index in [1.54, 1.807) is 0 Å². The highest BCUT2D eigenvalue weighted by Crippen LogP contribution is 2.29. The first-order valence-electron chi connectivity index (χ1n) is 6.61. The minimum absolute atomic E-state index is 0.292. The van der Waals surface area contributed by atoms with Crippen molar-refractivity contribution in [3.05, 3.63) is 35.9 Å². The summed E-state index contributed by atoms with van der Waals surface area (Å²) in [6, 6.07) is 10.3. The van der Waals surface area contributed by atoms with E-state index in [1.807, 2.05) is 18.2 Å². The Balaban J connectivity index is 2.63. The summed E-state index contributed by atoms with van der Waals surface area (Å²) >= 11 is 0. The average molecular weight is 234 g/mol. The number of hydrogen-bond donors (Lipinski definition) is 1. The Labute approximate surface area is 106 Å². The molecule has 0 heterocycles. The van der Waals surface area contributed by atoms with Crippen LogP contribution in [0.4, 0.5) is 0 Å². The topological polar surface area (TPSA) is 20.2 Å². The maximum atomic E-state index is 10.6. The Bertz CT molecular complexity index is 323. The second kappa shape index (κ2) is 5.68. The molecule has 0 aliphatic carbocycles. The molecule has 0 aliphatic heterocycles. The van der Waals surface area contributed by atoms with Crippen molar-refractivity contribution in [3.63, 3.8) is 0 Å². The number of hydrogen-bond acceptors (Lipinski definition) is 1. The summed E-state index contributed by atoms with van der Waals surface area (Å²) in [5.74, 6) is 0. The van der Waals surface area contributed by atoms with Gasteiger partial charge in [0.15, 0.2) is 0 Å². The van der Waals surface area contributed by atoms with E-state index in [4.69, 9.17) is 0 Å². The van der Waals surface area contributed by atoms with Gasteiger partial charge in [0.05, 0.1) is 5.60 Å². The molecule has 0 spiro atoms. The summed E-state index contributed by atoms with van der Waals surface area (Å²) < 4.78 is 0. The van der Waals surface area contributed by atoms with Gasteiger partial charge >= 0.3 is 0 Å². The third kappa shape index (κ3) is 5.36. The maximum absolute atomic E-state index is 10.6. The molecule has 1 aromatic carbocycles. The van der Waals surface area contributed by atoms with Crippen LogP contribution in [0.5, 0.6) is 0 Å². The highest BCUT2D eigenvalue weighted by molar-refractivity contribution is 5.17. The average Bonchev–Trinajstić information content (AvgIpc) is 2.27. The zero-order chi connectivity index (χ0) is 12.9. The van der Waals surface area contributed by atoms with Crippen molar-refractivity contribution in [1.82, 2.24) is 0 Å². The van der Waals surface area contributed by atoms with E-state index in [9.17, 15) is 5.11 Å². The van der Waals surface area contributed by atoms with Gasteiger partial charge in [0.2, 0.25) is 0 Å². The minimum atomic E-state index is -0.547. The third-order valence-electron chi connectivity index (χ3n) is 3.37. The second-order valence-electron chi connectivity index (χ2n) is 6.30. The number of benzene rings is 1. The van der Waals surface area contributed by atoms with Crippen LogP contribution >= 0.6 is 0 Å². The smallest absolute Gasteiger partial charge is 0.0685 e. The monoisotopic (exact) mass is 234 g/mol. The fourth-order valence-corrected chi connectivity index (χ4v) is 1.97. The lowest BCUT2D eigenvalue weighted by Crippen LogP contribution is -2.32. The summed E-state index contributed by atoms with van der Waals surface area (Å²) in [5, 5.41) is 10.6. The molecule has 96 valence electrons. The molecule has 1 unspecified atom stereocenters. The van der Waals surface area contributed by atoms with E-state index < -0.39 is 5.60 Å². The van der Waals surface area contributed by atoms with Crippen LogP contribution in [0.1, 0.15) is 52.5 Å². The van der Waals surface area contributed by atoms with Gasteiger partial charge < -0.3 is 5.11 Å². The Morgan fingerprint density at radius 3 is 2.06 bits per heavy atom. The summed E-state index contributed by atoms with van der Waals surface area (Å²) in [4.78, 5) is 0. The maximum Gasteiger partial charge on any atom is 0.0685 e. The molecule has 1 aromatic rings. The number of aliphatic hydroxyl groups is 1. The van der Waals surface area contributed by atoms with Gasteiger partial charge in [-0.05, 0) is 30.2 Å². The number of rotatable bonds is 5. The molecule has 1 N–H and O–H groups in total. The Hall–Kier alpha value is -0.820. The Morgan fingerprint density at radius 2 is 1.59 bits per heavy atom. The molecule has 0 aliphatic rings. The molecule has 0 amide bonds. The molecular weight excluding hydrogens is 208 g/mol. The molecule has 0 aromatic heterocycles. The van der Waals surface area contributed by atoms with Crippen LogP contribution < -0.4 is 0 Å². The first-order valence-corrected chi connectivity index (χ1v) is 6.61. The van der Waals surface area contributed by atoms with Gasteiger partial charge in [-0.3, -0.25) is 0 Å². The van der Waals surface area contributed by atoms with Crippen molar-refractivity contribution in [2.75, 3.05) is 0 Å². The van der Waals surface area contributed by atoms with Crippen LogP contribution in [-0.2, 0) is 6.42 Å². The fraction of sp³-hybridized carbons (Fsp3) is 0.625. The quantitative estimate of drug-likeness (QED) is 0.809. The molecule has 0 saturated carbocycles. The lowest BCUT2D eigenvalue weighted by molar-refractivity contribution is 0.0174. The Morgan fingerprint density at radius 1 is 1.00 bits per heavy atom. The third-order valence-corrected chi connectivity index (χ3v) is 3.37. The normalized spacial score (nSPS) is 15.6. The van der Waals surface area contributed by atoms with Gasteiger partial charge in [0, 0.05) is 6.42 Å². The van der Waals surface area contributed by atoms with Gasteiger partial charge in [-0.15, -0.1) is 0 Å². The van der Waals surface area contributed by atoms with Crippen LogP contribution in [0.3, 0.4) is 0 Å². The lowest BCUT2D eigenvalue weighted by Gasteiger charge is -2.30. The van der Waals surface area contributed by atoms with Crippen molar-refractivity contribution < 1.29 is 5.11 Å². The molecule has 1 heteroatoms. The highest BCUT2D eigenvalue weighted by atomic mass is 16.3. The van der Waals surface area contributed by atoms with Crippen LogP contribution in [0.25, 0.3) is 0 Å². The lowest BCUT2D eigenvalue weighted by atomic mass is 9.81. The van der Waals surface area contributed by atoms with Crippen molar-refractivity contribution in [1.29, 1.82) is 0 Å². The first-order chi connectivity index (χ1) is 7.85. The largest absolute Gasteiger partial charge is 0.390 e. The SMILES string of the molecule is CCC(O)(CCC(C)(C)C)Cc1ccccc1. The van der Waals surface area contributed by atoms with Gasteiger partial charge in [-0.2, -0.15) is 0 Å². The van der Waals surface area contributed by atoms with Crippen LogP contribution in [0.2, 0.25) is 0 Å². The van der Waals surface area contributed by atoms with E-state index in [0.29, 0.717) is 5.41 Å². The van der Waals surface area contributed by atoms with Gasteiger partial charge in [0.1, 0.15) is 0 Å². The summed E-state index contributed by atoms with van der Waals surface area (Å²) in [6.45, 7) is 8.76. The van der Waals surface area contributed by atoms with E-state index in [-0.39, 0.29) is 0 Å². The predicted octanol–water partition coefficient (Wildman–Crippen LogP) is 4.20. The second-order valence-corrected chi connectivity index (χ2v) is 6.30. The van der Waals surface area contributed by atoms with Crippen molar-refractivity contribution in [2.24, 2.45) is 5.41 Å². The minimum Gasteiger partial charge on any atom is -0.390 e. The molecule has 0 saturated heterocycles. The van der Waals surface area contributed by atoms with E-state index in [0.717, 1.165) is 25.7 Å². The van der Waals surface area contributed by atoms with Gasteiger partial charge in [-0.1, -0.05) is 58.0 Å².